The van der Waals surface area contributed by atoms with Crippen molar-refractivity contribution >= 4 is 17.5 Å². The van der Waals surface area contributed by atoms with Gasteiger partial charge in [-0.3, -0.25) is 9.36 Å². The van der Waals surface area contributed by atoms with Crippen LogP contribution in [-0.4, -0.2) is 39.0 Å². The lowest BCUT2D eigenvalue weighted by Gasteiger charge is -2.10. The van der Waals surface area contributed by atoms with E-state index in [9.17, 15) is 9.59 Å². The number of rotatable bonds is 7. The number of carbonyl (C=O) groups is 1. The summed E-state index contributed by atoms with van der Waals surface area (Å²) >= 11 is 1.28. The number of carbonyl (C=O) groups excluding carboxylic acids is 1. The third-order valence-electron chi connectivity index (χ3n) is 4.15. The van der Waals surface area contributed by atoms with Crippen LogP contribution in [0.25, 0.3) is 0 Å². The summed E-state index contributed by atoms with van der Waals surface area (Å²) < 4.78 is 7.14. The first-order valence-electron chi connectivity index (χ1n) is 8.19. The van der Waals surface area contributed by atoms with Crippen LogP contribution in [0.2, 0.25) is 0 Å². The summed E-state index contributed by atoms with van der Waals surface area (Å²) in [6.45, 7) is 3.31. The molecule has 3 rings (SSSR count). The maximum atomic E-state index is 12.3. The number of aromatic nitrogens is 3. The molecular weight excluding hydrogens is 326 g/mol. The molecular formula is C17H21N3O3S. The number of ketones is 1. The van der Waals surface area contributed by atoms with Crippen LogP contribution in [0.4, 0.5) is 0 Å². The molecule has 7 heteroatoms. The Kier molecular flexibility index (Phi) is 5.52. The van der Waals surface area contributed by atoms with E-state index in [0.717, 1.165) is 25.9 Å². The summed E-state index contributed by atoms with van der Waals surface area (Å²) in [5.74, 6) is 0.281. The zero-order valence-electron chi connectivity index (χ0n) is 13.7. The Balaban J connectivity index is 1.63. The summed E-state index contributed by atoms with van der Waals surface area (Å²) in [7, 11) is 0. The Morgan fingerprint density at radius 3 is 2.88 bits per heavy atom. The van der Waals surface area contributed by atoms with Gasteiger partial charge in [0.05, 0.1) is 18.4 Å². The Labute approximate surface area is 144 Å². The summed E-state index contributed by atoms with van der Waals surface area (Å²) in [4.78, 5) is 24.2. The van der Waals surface area contributed by atoms with Crippen molar-refractivity contribution in [1.82, 2.24) is 14.8 Å². The molecule has 0 amide bonds. The highest BCUT2D eigenvalue weighted by molar-refractivity contribution is 7.99. The second kappa shape index (κ2) is 7.81. The van der Waals surface area contributed by atoms with Gasteiger partial charge in [0.1, 0.15) is 0 Å². The SMILES string of the molecule is CCc1ccc(C(=O)CSc2n[nH]c(=O)n2CC2CCCO2)cc1. The lowest BCUT2D eigenvalue weighted by Crippen LogP contribution is -2.25. The molecule has 128 valence electrons. The first kappa shape index (κ1) is 17.0. The molecule has 1 atom stereocenters. The molecule has 6 nitrogen and oxygen atoms in total. The van der Waals surface area contributed by atoms with Gasteiger partial charge in [-0.05, 0) is 24.8 Å². The van der Waals surface area contributed by atoms with Crippen LogP contribution >= 0.6 is 11.8 Å². The van der Waals surface area contributed by atoms with Crippen LogP contribution in [0.5, 0.6) is 0 Å². The van der Waals surface area contributed by atoms with Crippen molar-refractivity contribution in [3.05, 3.63) is 45.9 Å². The van der Waals surface area contributed by atoms with E-state index in [1.807, 2.05) is 24.3 Å². The van der Waals surface area contributed by atoms with Crippen molar-refractivity contribution in [2.24, 2.45) is 0 Å². The van der Waals surface area contributed by atoms with E-state index in [1.54, 1.807) is 4.57 Å². The molecule has 0 spiro atoms. The Morgan fingerprint density at radius 1 is 1.42 bits per heavy atom. The predicted molar refractivity (Wildman–Crippen MR) is 92.7 cm³/mol. The highest BCUT2D eigenvalue weighted by atomic mass is 32.2. The van der Waals surface area contributed by atoms with Gasteiger partial charge >= 0.3 is 5.69 Å². The van der Waals surface area contributed by atoms with Crippen molar-refractivity contribution in [3.63, 3.8) is 0 Å². The molecule has 2 heterocycles. The van der Waals surface area contributed by atoms with Gasteiger partial charge in [0.2, 0.25) is 0 Å². The molecule has 1 aromatic carbocycles. The maximum absolute atomic E-state index is 12.3. The van der Waals surface area contributed by atoms with Crippen LogP contribution in [0.3, 0.4) is 0 Å². The van der Waals surface area contributed by atoms with Crippen LogP contribution in [0.15, 0.2) is 34.2 Å². The summed E-state index contributed by atoms with van der Waals surface area (Å²) in [6.07, 6.45) is 2.97. The number of benzene rings is 1. The monoisotopic (exact) mass is 347 g/mol. The molecule has 24 heavy (non-hydrogen) atoms. The van der Waals surface area contributed by atoms with Gasteiger partial charge in [0.25, 0.3) is 0 Å². The van der Waals surface area contributed by atoms with Crippen LogP contribution in [-0.2, 0) is 17.7 Å². The average molecular weight is 347 g/mol. The number of hydrogen-bond acceptors (Lipinski definition) is 5. The van der Waals surface area contributed by atoms with Gasteiger partial charge in [-0.15, -0.1) is 5.10 Å². The summed E-state index contributed by atoms with van der Waals surface area (Å²) in [5, 5.41) is 7.03. The van der Waals surface area contributed by atoms with E-state index in [2.05, 4.69) is 17.1 Å². The largest absolute Gasteiger partial charge is 0.376 e. The maximum Gasteiger partial charge on any atom is 0.344 e. The zero-order valence-corrected chi connectivity index (χ0v) is 14.5. The molecule has 1 fully saturated rings. The van der Waals surface area contributed by atoms with Crippen molar-refractivity contribution < 1.29 is 9.53 Å². The number of thioether (sulfide) groups is 1. The molecule has 0 radical (unpaired) electrons. The van der Waals surface area contributed by atoms with Crippen LogP contribution in [0, 0.1) is 0 Å². The minimum absolute atomic E-state index is 0.0294. The molecule has 0 saturated carbocycles. The van der Waals surface area contributed by atoms with Gasteiger partial charge in [-0.25, -0.2) is 9.89 Å². The lowest BCUT2D eigenvalue weighted by atomic mass is 10.1. The van der Waals surface area contributed by atoms with Crippen molar-refractivity contribution in [3.8, 4) is 0 Å². The fraction of sp³-hybridized carbons (Fsp3) is 0.471. The van der Waals surface area contributed by atoms with Gasteiger partial charge < -0.3 is 4.74 Å². The van der Waals surface area contributed by atoms with Gasteiger partial charge in [-0.2, -0.15) is 0 Å². The third-order valence-corrected chi connectivity index (χ3v) is 5.13. The van der Waals surface area contributed by atoms with E-state index in [-0.39, 0.29) is 23.3 Å². The predicted octanol–water partition coefficient (Wildman–Crippen LogP) is 2.29. The Hall–Kier alpha value is -1.86. The second-order valence-electron chi connectivity index (χ2n) is 5.82. The number of ether oxygens (including phenoxy) is 1. The quantitative estimate of drug-likeness (QED) is 0.614. The van der Waals surface area contributed by atoms with Crippen molar-refractivity contribution in [2.75, 3.05) is 12.4 Å². The fourth-order valence-electron chi connectivity index (χ4n) is 2.71. The van der Waals surface area contributed by atoms with Gasteiger partial charge in [0, 0.05) is 12.2 Å². The summed E-state index contributed by atoms with van der Waals surface area (Å²) in [6, 6.07) is 7.65. The topological polar surface area (TPSA) is 77.0 Å². The van der Waals surface area contributed by atoms with Crippen LogP contribution in [0.1, 0.15) is 35.7 Å². The number of aromatic amines is 1. The average Bonchev–Trinajstić information content (AvgIpc) is 3.24. The molecule has 1 N–H and O–H groups in total. The first-order chi connectivity index (χ1) is 11.7. The number of nitrogens with zero attached hydrogens (tertiary/aromatic N) is 2. The standard InChI is InChI=1S/C17H21N3O3S/c1-2-12-5-7-13(8-6-12)15(21)11-24-17-19-18-16(22)20(17)10-14-4-3-9-23-14/h5-8,14H,2-4,9-11H2,1H3,(H,18,22). The molecule has 0 aliphatic carbocycles. The molecule has 1 unspecified atom stereocenters. The van der Waals surface area contributed by atoms with E-state index in [0.29, 0.717) is 17.3 Å². The zero-order chi connectivity index (χ0) is 16.9. The minimum atomic E-state index is -0.257. The van der Waals surface area contributed by atoms with Crippen molar-refractivity contribution in [2.45, 2.75) is 44.0 Å². The Morgan fingerprint density at radius 2 is 2.21 bits per heavy atom. The number of H-pyrrole nitrogens is 1. The van der Waals surface area contributed by atoms with Crippen molar-refractivity contribution in [1.29, 1.82) is 0 Å². The van der Waals surface area contributed by atoms with E-state index in [1.165, 1.54) is 17.3 Å². The van der Waals surface area contributed by atoms with Crippen LogP contribution < -0.4 is 5.69 Å². The molecule has 2 aromatic rings. The second-order valence-corrected chi connectivity index (χ2v) is 6.76. The Bertz CT molecular complexity index is 745. The highest BCUT2D eigenvalue weighted by Crippen LogP contribution is 2.19. The number of hydrogen-bond donors (Lipinski definition) is 1. The number of aryl methyl sites for hydroxylation is 1. The summed E-state index contributed by atoms with van der Waals surface area (Å²) in [5.41, 5.74) is 1.63. The molecule has 1 aliphatic heterocycles. The number of Topliss-reactive ketones (excluding diaryl/α,β-unsaturated/α-hetero) is 1. The normalized spacial score (nSPS) is 17.3. The molecule has 1 aromatic heterocycles. The van der Waals surface area contributed by atoms with Gasteiger partial charge in [0.15, 0.2) is 10.9 Å². The van der Waals surface area contributed by atoms with E-state index in [4.69, 9.17) is 4.74 Å². The first-order valence-corrected chi connectivity index (χ1v) is 9.17. The molecule has 1 saturated heterocycles. The molecule has 1 aliphatic rings. The third kappa shape index (κ3) is 3.96. The fourth-order valence-corrected chi connectivity index (χ4v) is 3.56. The lowest BCUT2D eigenvalue weighted by molar-refractivity contribution is 0.0941. The highest BCUT2D eigenvalue weighted by Gasteiger charge is 2.20. The number of nitrogens with one attached hydrogen (secondary N) is 1. The van der Waals surface area contributed by atoms with Gasteiger partial charge in [-0.1, -0.05) is 43.0 Å². The molecule has 0 bridgehead atoms. The smallest absolute Gasteiger partial charge is 0.344 e. The minimum Gasteiger partial charge on any atom is -0.376 e. The van der Waals surface area contributed by atoms with E-state index < -0.39 is 0 Å². The van der Waals surface area contributed by atoms with E-state index >= 15 is 0 Å².